The van der Waals surface area contributed by atoms with Gasteiger partial charge in [0, 0.05) is 18.8 Å². The zero-order valence-electron chi connectivity index (χ0n) is 9.85. The molecule has 1 atom stereocenters. The lowest BCUT2D eigenvalue weighted by molar-refractivity contribution is -0.139. The summed E-state index contributed by atoms with van der Waals surface area (Å²) < 4.78 is 0. The third-order valence-electron chi connectivity index (χ3n) is 3.37. The third kappa shape index (κ3) is 3.89. The first-order chi connectivity index (χ1) is 7.15. The van der Waals surface area contributed by atoms with Gasteiger partial charge in [-0.1, -0.05) is 6.92 Å². The molecule has 7 heteroatoms. The lowest BCUT2D eigenvalue weighted by Crippen LogP contribution is -2.51. The molecule has 0 aromatic heterocycles. The number of carbonyl (C=O) groups is 1. The van der Waals surface area contributed by atoms with Crippen molar-refractivity contribution < 1.29 is 9.90 Å². The second-order valence-corrected chi connectivity index (χ2v) is 5.68. The highest BCUT2D eigenvalue weighted by Crippen LogP contribution is 2.38. The van der Waals surface area contributed by atoms with Crippen LogP contribution >= 0.6 is 36.6 Å². The Balaban J connectivity index is 0.00000128. The van der Waals surface area contributed by atoms with Crippen LogP contribution in [0, 0.1) is 0 Å². The van der Waals surface area contributed by atoms with Gasteiger partial charge in [-0.3, -0.25) is 10.1 Å². The monoisotopic (exact) mass is 302 g/mol. The van der Waals surface area contributed by atoms with Crippen molar-refractivity contribution in [1.29, 1.82) is 0 Å². The fourth-order valence-electron chi connectivity index (χ4n) is 2.30. The van der Waals surface area contributed by atoms with E-state index in [1.54, 1.807) is 11.8 Å². The SMILES string of the molecule is CCN1CCC2(CC1)NC(C(=O)O)CS2.Cl.Cl. The Hall–Kier alpha value is 0.320. The molecule has 0 aromatic rings. The molecule has 1 unspecified atom stereocenters. The Morgan fingerprint density at radius 3 is 2.47 bits per heavy atom. The van der Waals surface area contributed by atoms with E-state index in [0.29, 0.717) is 5.75 Å². The summed E-state index contributed by atoms with van der Waals surface area (Å²) in [5.74, 6) is -0.00106. The first-order valence-electron chi connectivity index (χ1n) is 5.52. The van der Waals surface area contributed by atoms with Gasteiger partial charge in [-0.25, -0.2) is 0 Å². The largest absolute Gasteiger partial charge is 0.480 e. The number of hydrogen-bond acceptors (Lipinski definition) is 4. The number of nitrogens with one attached hydrogen (secondary N) is 1. The Bertz CT molecular complexity index is 261. The quantitative estimate of drug-likeness (QED) is 0.808. The maximum atomic E-state index is 10.9. The summed E-state index contributed by atoms with van der Waals surface area (Å²) in [4.78, 5) is 13.3. The molecule has 2 fully saturated rings. The second-order valence-electron chi connectivity index (χ2n) is 4.27. The molecule has 2 saturated heterocycles. The maximum Gasteiger partial charge on any atom is 0.321 e. The van der Waals surface area contributed by atoms with Crippen molar-refractivity contribution in [2.45, 2.75) is 30.7 Å². The number of carboxylic acid groups (broad SMARTS) is 1. The van der Waals surface area contributed by atoms with Gasteiger partial charge in [-0.15, -0.1) is 36.6 Å². The summed E-state index contributed by atoms with van der Waals surface area (Å²) in [7, 11) is 0. The summed E-state index contributed by atoms with van der Waals surface area (Å²) >= 11 is 1.80. The normalized spacial score (nSPS) is 27.2. The zero-order valence-corrected chi connectivity index (χ0v) is 12.3. The molecule has 0 saturated carbocycles. The van der Waals surface area contributed by atoms with E-state index in [9.17, 15) is 4.79 Å². The van der Waals surface area contributed by atoms with E-state index in [-0.39, 0.29) is 35.7 Å². The number of halogens is 2. The van der Waals surface area contributed by atoms with Crippen LogP contribution in [0.3, 0.4) is 0 Å². The molecule has 2 rings (SSSR count). The van der Waals surface area contributed by atoms with E-state index < -0.39 is 5.97 Å². The molecule has 102 valence electrons. The minimum Gasteiger partial charge on any atom is -0.480 e. The van der Waals surface area contributed by atoms with Crippen LogP contribution in [0.5, 0.6) is 0 Å². The van der Waals surface area contributed by atoms with Crippen LogP contribution in [-0.2, 0) is 4.79 Å². The standard InChI is InChI=1S/C10H18N2O2S.2ClH/c1-2-12-5-3-10(4-6-12)11-8(7-15-10)9(13)14;;/h8,11H,2-7H2,1H3,(H,13,14);2*1H. The van der Waals surface area contributed by atoms with Crippen molar-refractivity contribution in [3.8, 4) is 0 Å². The van der Waals surface area contributed by atoms with Crippen molar-refractivity contribution in [3.05, 3.63) is 0 Å². The Morgan fingerprint density at radius 1 is 1.47 bits per heavy atom. The van der Waals surface area contributed by atoms with Crippen LogP contribution in [0.25, 0.3) is 0 Å². The van der Waals surface area contributed by atoms with Gasteiger partial charge in [-0.05, 0) is 19.4 Å². The number of rotatable bonds is 2. The minimum absolute atomic E-state index is 0. The van der Waals surface area contributed by atoms with Gasteiger partial charge in [-0.2, -0.15) is 0 Å². The van der Waals surface area contributed by atoms with Gasteiger partial charge in [0.1, 0.15) is 6.04 Å². The number of carboxylic acids is 1. The molecule has 0 bridgehead atoms. The number of likely N-dealkylation sites (tertiary alicyclic amines) is 1. The van der Waals surface area contributed by atoms with Crippen LogP contribution in [0.15, 0.2) is 0 Å². The van der Waals surface area contributed by atoms with Gasteiger partial charge in [0.2, 0.25) is 0 Å². The van der Waals surface area contributed by atoms with Crippen LogP contribution in [0.1, 0.15) is 19.8 Å². The summed E-state index contributed by atoms with van der Waals surface area (Å²) in [6, 6.07) is -0.344. The first kappa shape index (κ1) is 17.3. The molecule has 2 aliphatic rings. The van der Waals surface area contributed by atoms with Gasteiger partial charge < -0.3 is 10.0 Å². The van der Waals surface area contributed by atoms with Gasteiger partial charge in [0.15, 0.2) is 0 Å². The summed E-state index contributed by atoms with van der Waals surface area (Å²) in [5, 5.41) is 12.2. The van der Waals surface area contributed by atoms with E-state index >= 15 is 0 Å². The lowest BCUT2D eigenvalue weighted by atomic mass is 10.0. The van der Waals surface area contributed by atoms with Crippen LogP contribution < -0.4 is 5.32 Å². The number of thioether (sulfide) groups is 1. The molecule has 2 N–H and O–H groups in total. The van der Waals surface area contributed by atoms with E-state index in [0.717, 1.165) is 32.5 Å². The molecule has 4 nitrogen and oxygen atoms in total. The van der Waals surface area contributed by atoms with Crippen molar-refractivity contribution >= 4 is 42.5 Å². The predicted octanol–water partition coefficient (Wildman–Crippen LogP) is 1.43. The Morgan fingerprint density at radius 2 is 2.06 bits per heavy atom. The topological polar surface area (TPSA) is 52.6 Å². The molecule has 1 spiro atoms. The highest BCUT2D eigenvalue weighted by molar-refractivity contribution is 8.01. The van der Waals surface area contributed by atoms with E-state index in [1.807, 2.05) is 0 Å². The minimum atomic E-state index is -0.711. The van der Waals surface area contributed by atoms with E-state index in [1.165, 1.54) is 0 Å². The third-order valence-corrected chi connectivity index (χ3v) is 4.95. The van der Waals surface area contributed by atoms with Crippen LogP contribution in [0.4, 0.5) is 0 Å². The second kappa shape index (κ2) is 7.04. The van der Waals surface area contributed by atoms with E-state index in [4.69, 9.17) is 5.11 Å². The molecule has 0 aliphatic carbocycles. The van der Waals surface area contributed by atoms with Crippen LogP contribution in [-0.4, -0.2) is 52.3 Å². The van der Waals surface area contributed by atoms with Crippen molar-refractivity contribution in [1.82, 2.24) is 10.2 Å². The molecule has 0 radical (unpaired) electrons. The van der Waals surface area contributed by atoms with Gasteiger partial charge in [0.25, 0.3) is 0 Å². The van der Waals surface area contributed by atoms with Crippen molar-refractivity contribution in [3.63, 3.8) is 0 Å². The average molecular weight is 303 g/mol. The molecule has 2 aliphatic heterocycles. The summed E-state index contributed by atoms with van der Waals surface area (Å²) in [5.41, 5.74) is 0. The highest BCUT2D eigenvalue weighted by Gasteiger charge is 2.43. The van der Waals surface area contributed by atoms with Crippen LogP contribution in [0.2, 0.25) is 0 Å². The fourth-order valence-corrected chi connectivity index (χ4v) is 3.70. The van der Waals surface area contributed by atoms with Crippen molar-refractivity contribution in [2.75, 3.05) is 25.4 Å². The molecule has 0 aromatic carbocycles. The first-order valence-corrected chi connectivity index (χ1v) is 6.50. The number of piperidine rings is 1. The number of nitrogens with zero attached hydrogens (tertiary/aromatic N) is 1. The van der Waals surface area contributed by atoms with Gasteiger partial charge in [0.05, 0.1) is 4.87 Å². The predicted molar refractivity (Wildman–Crippen MR) is 75.6 cm³/mol. The Labute approximate surface area is 119 Å². The highest BCUT2D eigenvalue weighted by atomic mass is 35.5. The maximum absolute atomic E-state index is 10.9. The summed E-state index contributed by atoms with van der Waals surface area (Å²) in [6.45, 7) is 5.45. The smallest absolute Gasteiger partial charge is 0.321 e. The lowest BCUT2D eigenvalue weighted by Gasteiger charge is -2.38. The average Bonchev–Trinajstić information content (AvgIpc) is 2.64. The number of hydrogen-bond donors (Lipinski definition) is 2. The molecule has 2 heterocycles. The number of aliphatic carboxylic acids is 1. The molecule has 0 amide bonds. The van der Waals surface area contributed by atoms with Crippen molar-refractivity contribution in [2.24, 2.45) is 0 Å². The molecular formula is C10H20Cl2N2O2S. The fraction of sp³-hybridized carbons (Fsp3) is 0.900. The molecule has 17 heavy (non-hydrogen) atoms. The van der Waals surface area contributed by atoms with Gasteiger partial charge >= 0.3 is 5.97 Å². The Kier molecular flexibility index (Phi) is 7.18. The molecular weight excluding hydrogens is 283 g/mol. The summed E-state index contributed by atoms with van der Waals surface area (Å²) in [6.07, 6.45) is 2.13. The van der Waals surface area contributed by atoms with E-state index in [2.05, 4.69) is 17.1 Å². The zero-order chi connectivity index (χ0) is 10.9.